The second-order valence-corrected chi connectivity index (χ2v) is 7.86. The van der Waals surface area contributed by atoms with Gasteiger partial charge in [0.05, 0.1) is 24.2 Å². The Morgan fingerprint density at radius 2 is 2.00 bits per heavy atom. The summed E-state index contributed by atoms with van der Waals surface area (Å²) in [5.74, 6) is 0.793. The molecule has 1 aliphatic rings. The lowest BCUT2D eigenvalue weighted by Gasteiger charge is -2.15. The van der Waals surface area contributed by atoms with Crippen molar-refractivity contribution >= 4 is 16.4 Å². The van der Waals surface area contributed by atoms with Crippen LogP contribution in [0.25, 0.3) is 5.65 Å². The van der Waals surface area contributed by atoms with Crippen molar-refractivity contribution < 1.29 is 8.95 Å². The van der Waals surface area contributed by atoms with Crippen molar-refractivity contribution in [2.45, 2.75) is 50.4 Å². The molecule has 2 aromatic rings. The number of rotatable bonds is 6. The molecule has 0 unspecified atom stereocenters. The Hall–Kier alpha value is -1.53. The van der Waals surface area contributed by atoms with Gasteiger partial charge in [-0.15, -0.1) is 0 Å². The fourth-order valence-electron chi connectivity index (χ4n) is 3.13. The Bertz CT molecular complexity index is 751. The molecule has 130 valence electrons. The zero-order valence-electron chi connectivity index (χ0n) is 13.9. The van der Waals surface area contributed by atoms with Gasteiger partial charge in [-0.05, 0) is 25.0 Å². The van der Waals surface area contributed by atoms with Crippen LogP contribution in [-0.4, -0.2) is 32.1 Å². The first-order valence-electron chi connectivity index (χ1n) is 8.66. The molecule has 0 radical (unpaired) electrons. The van der Waals surface area contributed by atoms with Crippen molar-refractivity contribution in [1.29, 1.82) is 0 Å². The highest BCUT2D eigenvalue weighted by atomic mass is 32.2. The summed E-state index contributed by atoms with van der Waals surface area (Å²) in [6.07, 6.45) is 9.33. The molecular weight excluding hydrogens is 324 g/mol. The van der Waals surface area contributed by atoms with Gasteiger partial charge in [-0.25, -0.2) is 4.98 Å². The SMILES string of the molecule is O=c1cc(C[S@@](=O)CCOC2CCCCCC2)nc2ccccn12. The molecule has 1 fully saturated rings. The third-order valence-electron chi connectivity index (χ3n) is 4.40. The number of pyridine rings is 1. The van der Waals surface area contributed by atoms with E-state index in [-0.39, 0.29) is 5.56 Å². The van der Waals surface area contributed by atoms with E-state index in [0.29, 0.717) is 35.6 Å². The van der Waals surface area contributed by atoms with Crippen LogP contribution in [0.1, 0.15) is 44.2 Å². The number of aromatic nitrogens is 2. The minimum atomic E-state index is -1.07. The Morgan fingerprint density at radius 3 is 2.79 bits per heavy atom. The third kappa shape index (κ3) is 4.74. The molecule has 6 heteroatoms. The van der Waals surface area contributed by atoms with Gasteiger partial charge in [0.1, 0.15) is 5.65 Å². The molecule has 3 rings (SSSR count). The van der Waals surface area contributed by atoms with Crippen LogP contribution in [0, 0.1) is 0 Å². The highest BCUT2D eigenvalue weighted by Gasteiger charge is 2.13. The van der Waals surface area contributed by atoms with Gasteiger partial charge in [-0.3, -0.25) is 13.4 Å². The smallest absolute Gasteiger partial charge is 0.258 e. The summed E-state index contributed by atoms with van der Waals surface area (Å²) >= 11 is 0. The Balaban J connectivity index is 1.52. The van der Waals surface area contributed by atoms with Gasteiger partial charge in [-0.2, -0.15) is 0 Å². The fraction of sp³-hybridized carbons (Fsp3) is 0.556. The molecule has 0 N–H and O–H groups in total. The van der Waals surface area contributed by atoms with E-state index in [2.05, 4.69) is 4.98 Å². The van der Waals surface area contributed by atoms with E-state index in [1.165, 1.54) is 36.2 Å². The predicted octanol–water partition coefficient (Wildman–Crippen LogP) is 2.68. The maximum atomic E-state index is 12.3. The summed E-state index contributed by atoms with van der Waals surface area (Å²) < 4.78 is 19.6. The lowest BCUT2D eigenvalue weighted by atomic mass is 10.1. The van der Waals surface area contributed by atoms with Crippen LogP contribution in [-0.2, 0) is 21.3 Å². The van der Waals surface area contributed by atoms with Gasteiger partial charge in [-0.1, -0.05) is 31.7 Å². The molecule has 1 aliphatic carbocycles. The molecule has 0 saturated heterocycles. The minimum Gasteiger partial charge on any atom is -0.377 e. The Kier molecular flexibility index (Phi) is 6.15. The van der Waals surface area contributed by atoms with Crippen molar-refractivity contribution in [2.75, 3.05) is 12.4 Å². The molecule has 0 aliphatic heterocycles. The van der Waals surface area contributed by atoms with E-state index in [1.54, 1.807) is 18.3 Å². The maximum Gasteiger partial charge on any atom is 0.258 e. The van der Waals surface area contributed by atoms with Crippen molar-refractivity contribution in [2.24, 2.45) is 0 Å². The summed E-state index contributed by atoms with van der Waals surface area (Å²) in [5.41, 5.74) is 1.04. The van der Waals surface area contributed by atoms with Crippen molar-refractivity contribution in [3.8, 4) is 0 Å². The van der Waals surface area contributed by atoms with E-state index in [1.807, 2.05) is 6.07 Å². The molecular formula is C18H24N2O3S. The molecule has 1 saturated carbocycles. The lowest BCUT2D eigenvalue weighted by Crippen LogP contribution is -2.18. The quantitative estimate of drug-likeness (QED) is 0.753. The molecule has 2 heterocycles. The van der Waals surface area contributed by atoms with Gasteiger partial charge in [0.25, 0.3) is 5.56 Å². The van der Waals surface area contributed by atoms with Crippen LogP contribution in [0.5, 0.6) is 0 Å². The molecule has 0 spiro atoms. The van der Waals surface area contributed by atoms with Gasteiger partial charge in [0.2, 0.25) is 0 Å². The molecule has 0 bridgehead atoms. The number of hydrogen-bond acceptors (Lipinski definition) is 4. The summed E-state index contributed by atoms with van der Waals surface area (Å²) in [4.78, 5) is 16.4. The van der Waals surface area contributed by atoms with Crippen molar-refractivity contribution in [1.82, 2.24) is 9.38 Å². The average Bonchev–Trinajstić information content (AvgIpc) is 2.84. The fourth-order valence-corrected chi connectivity index (χ4v) is 4.03. The van der Waals surface area contributed by atoms with Gasteiger partial charge >= 0.3 is 0 Å². The third-order valence-corrected chi connectivity index (χ3v) is 5.64. The van der Waals surface area contributed by atoms with E-state index in [0.717, 1.165) is 12.8 Å². The van der Waals surface area contributed by atoms with Crippen LogP contribution < -0.4 is 5.56 Å². The number of nitrogens with zero attached hydrogens (tertiary/aromatic N) is 2. The van der Waals surface area contributed by atoms with Gasteiger partial charge in [0.15, 0.2) is 0 Å². The monoisotopic (exact) mass is 348 g/mol. The summed E-state index contributed by atoms with van der Waals surface area (Å²) in [7, 11) is -1.07. The van der Waals surface area contributed by atoms with Gasteiger partial charge < -0.3 is 4.74 Å². The standard InChI is InChI=1S/C18H24N2O3S/c21-18-13-15(19-17-9-5-6-10-20(17)18)14-24(22)12-11-23-16-7-3-1-2-4-8-16/h5-6,9-10,13,16H,1-4,7-8,11-12,14H2/t24-/m0/s1. The molecule has 24 heavy (non-hydrogen) atoms. The highest BCUT2D eigenvalue weighted by Crippen LogP contribution is 2.19. The molecule has 0 amide bonds. The van der Waals surface area contributed by atoms with Crippen molar-refractivity contribution in [3.05, 3.63) is 46.5 Å². The predicted molar refractivity (Wildman–Crippen MR) is 95.6 cm³/mol. The normalized spacial score (nSPS) is 17.7. The zero-order chi connectivity index (χ0) is 16.8. The first kappa shape index (κ1) is 17.3. The van der Waals surface area contributed by atoms with E-state index < -0.39 is 10.8 Å². The summed E-state index contributed by atoms with van der Waals surface area (Å²) in [5, 5.41) is 0. The number of ether oxygens (including phenoxy) is 1. The highest BCUT2D eigenvalue weighted by molar-refractivity contribution is 7.84. The summed E-state index contributed by atoms with van der Waals surface area (Å²) in [6.45, 7) is 0.518. The number of fused-ring (bicyclic) bond motifs is 1. The topological polar surface area (TPSA) is 60.7 Å². The van der Waals surface area contributed by atoms with E-state index in [9.17, 15) is 9.00 Å². The van der Waals surface area contributed by atoms with Crippen LogP contribution in [0.3, 0.4) is 0 Å². The first-order chi connectivity index (χ1) is 11.7. The largest absolute Gasteiger partial charge is 0.377 e. The molecule has 0 aromatic carbocycles. The molecule has 2 aromatic heterocycles. The van der Waals surface area contributed by atoms with Crippen LogP contribution >= 0.6 is 0 Å². The van der Waals surface area contributed by atoms with Crippen LogP contribution in [0.2, 0.25) is 0 Å². The Labute approximate surface area is 144 Å². The Morgan fingerprint density at radius 1 is 1.21 bits per heavy atom. The van der Waals surface area contributed by atoms with E-state index >= 15 is 0 Å². The first-order valence-corrected chi connectivity index (χ1v) is 10.1. The molecule has 5 nitrogen and oxygen atoms in total. The van der Waals surface area contributed by atoms with Crippen molar-refractivity contribution in [3.63, 3.8) is 0 Å². The maximum absolute atomic E-state index is 12.3. The van der Waals surface area contributed by atoms with Crippen LogP contribution in [0.4, 0.5) is 0 Å². The second-order valence-electron chi connectivity index (χ2n) is 6.29. The summed E-state index contributed by atoms with van der Waals surface area (Å²) in [6, 6.07) is 6.88. The minimum absolute atomic E-state index is 0.137. The number of hydrogen-bond donors (Lipinski definition) is 0. The van der Waals surface area contributed by atoms with Gasteiger partial charge in [0, 0.05) is 28.8 Å². The lowest BCUT2D eigenvalue weighted by molar-refractivity contribution is 0.0539. The zero-order valence-corrected chi connectivity index (χ0v) is 14.7. The second kappa shape index (κ2) is 8.53. The average molecular weight is 348 g/mol. The van der Waals surface area contributed by atoms with Crippen LogP contribution in [0.15, 0.2) is 35.3 Å². The van der Waals surface area contributed by atoms with E-state index in [4.69, 9.17) is 4.74 Å². The molecule has 1 atom stereocenters.